The van der Waals surface area contributed by atoms with Crippen molar-refractivity contribution in [3.05, 3.63) is 88.4 Å². The summed E-state index contributed by atoms with van der Waals surface area (Å²) in [7, 11) is 1.53. The number of hydrogen-bond donors (Lipinski definition) is 3. The molecule has 8 heteroatoms. The second kappa shape index (κ2) is 12.4. The van der Waals surface area contributed by atoms with Crippen LogP contribution in [-0.4, -0.2) is 18.1 Å². The molecular weight excluding hydrogens is 556 g/mol. The number of amides is 1. The highest BCUT2D eigenvalue weighted by atomic mass is 79.9. The number of aromatic hydroxyl groups is 1. The van der Waals surface area contributed by atoms with Crippen LogP contribution in [0.4, 0.5) is 17.1 Å². The zero-order valence-electron chi connectivity index (χ0n) is 22.4. The molecule has 4 aromatic carbocycles. The lowest BCUT2D eigenvalue weighted by atomic mass is 9.83. The van der Waals surface area contributed by atoms with Gasteiger partial charge in [-0.15, -0.1) is 5.11 Å². The van der Waals surface area contributed by atoms with Crippen LogP contribution < -0.4 is 15.8 Å². The summed E-state index contributed by atoms with van der Waals surface area (Å²) in [6.45, 7) is 4.28. The van der Waals surface area contributed by atoms with Gasteiger partial charge in [0.25, 0.3) is 5.91 Å². The molecular formula is C31H33BrN4O3. The summed E-state index contributed by atoms with van der Waals surface area (Å²) in [5.41, 5.74) is 8.81. The molecule has 0 aliphatic rings. The minimum atomic E-state index is -0.499. The Morgan fingerprint density at radius 1 is 1.00 bits per heavy atom. The van der Waals surface area contributed by atoms with Crippen LogP contribution in [0.2, 0.25) is 0 Å². The second-order valence-electron chi connectivity index (χ2n) is 9.54. The van der Waals surface area contributed by atoms with E-state index in [0.29, 0.717) is 22.5 Å². The Labute approximate surface area is 237 Å². The summed E-state index contributed by atoms with van der Waals surface area (Å²) in [5.74, 6) is -0.261. The fraction of sp³-hybridized carbons (Fsp3) is 0.258. The van der Waals surface area contributed by atoms with Crippen LogP contribution in [-0.2, 0) is 5.54 Å². The van der Waals surface area contributed by atoms with Gasteiger partial charge in [-0.05, 0) is 60.2 Å². The number of benzene rings is 4. The first-order valence-electron chi connectivity index (χ1n) is 13.0. The third-order valence-corrected chi connectivity index (χ3v) is 7.24. The van der Waals surface area contributed by atoms with Crippen molar-refractivity contribution < 1.29 is 14.6 Å². The summed E-state index contributed by atoms with van der Waals surface area (Å²) < 4.78 is 6.14. The fourth-order valence-electron chi connectivity index (χ4n) is 4.83. The second-order valence-corrected chi connectivity index (χ2v) is 10.5. The van der Waals surface area contributed by atoms with Crippen LogP contribution in [0.5, 0.6) is 11.5 Å². The lowest BCUT2D eigenvalue weighted by Crippen LogP contribution is -2.36. The predicted molar refractivity (Wildman–Crippen MR) is 161 cm³/mol. The van der Waals surface area contributed by atoms with Crippen molar-refractivity contribution in [3.63, 3.8) is 0 Å². The van der Waals surface area contributed by atoms with Gasteiger partial charge in [0, 0.05) is 15.4 Å². The van der Waals surface area contributed by atoms with Crippen molar-refractivity contribution >= 4 is 49.7 Å². The fourth-order valence-corrected chi connectivity index (χ4v) is 5.19. The van der Waals surface area contributed by atoms with E-state index in [1.807, 2.05) is 54.6 Å². The summed E-state index contributed by atoms with van der Waals surface area (Å²) in [6, 6.07) is 22.1. The average Bonchev–Trinajstić information content (AvgIpc) is 2.93. The first-order valence-corrected chi connectivity index (χ1v) is 13.8. The number of carbonyl (C=O) groups excluding carboxylic acids is 1. The maximum atomic E-state index is 13.3. The summed E-state index contributed by atoms with van der Waals surface area (Å²) in [4.78, 5) is 13.3. The molecule has 202 valence electrons. The molecule has 0 unspecified atom stereocenters. The molecule has 7 nitrogen and oxygen atoms in total. The molecule has 0 heterocycles. The number of carbonyl (C=O) groups is 1. The van der Waals surface area contributed by atoms with Gasteiger partial charge in [-0.3, -0.25) is 4.79 Å². The van der Waals surface area contributed by atoms with E-state index in [-0.39, 0.29) is 22.5 Å². The summed E-state index contributed by atoms with van der Waals surface area (Å²) in [5, 5.41) is 24.2. The van der Waals surface area contributed by atoms with Crippen LogP contribution in [0.1, 0.15) is 55.5 Å². The topological polar surface area (TPSA) is 109 Å². The molecule has 4 aromatic rings. The van der Waals surface area contributed by atoms with Crippen LogP contribution in [0, 0.1) is 0 Å². The van der Waals surface area contributed by atoms with E-state index in [1.165, 1.54) is 7.11 Å². The highest BCUT2D eigenvalue weighted by Gasteiger charge is 2.25. The molecule has 0 spiro atoms. The van der Waals surface area contributed by atoms with Crippen LogP contribution in [0.3, 0.4) is 0 Å². The maximum Gasteiger partial charge on any atom is 0.259 e. The number of methoxy groups -OCH3 is 1. The first kappa shape index (κ1) is 28.3. The molecule has 39 heavy (non-hydrogen) atoms. The highest BCUT2D eigenvalue weighted by Crippen LogP contribution is 2.40. The number of nitrogens with two attached hydrogens (primary N) is 1. The lowest BCUT2D eigenvalue weighted by Gasteiger charge is -2.29. The van der Waals surface area contributed by atoms with Gasteiger partial charge in [0.1, 0.15) is 11.4 Å². The number of nitrogens with zero attached hydrogens (tertiary/aromatic N) is 2. The minimum absolute atomic E-state index is 0.0760. The van der Waals surface area contributed by atoms with Crippen molar-refractivity contribution in [2.75, 3.05) is 12.4 Å². The number of anilines is 1. The Hall–Kier alpha value is -3.75. The molecule has 0 aliphatic carbocycles. The molecule has 0 aliphatic heterocycles. The molecule has 0 saturated carbocycles. The van der Waals surface area contributed by atoms with Gasteiger partial charge < -0.3 is 20.9 Å². The Morgan fingerprint density at radius 3 is 2.36 bits per heavy atom. The van der Waals surface area contributed by atoms with Gasteiger partial charge in [0.2, 0.25) is 0 Å². The summed E-state index contributed by atoms with van der Waals surface area (Å²) in [6.07, 6.45) is 3.82. The first-order chi connectivity index (χ1) is 18.8. The van der Waals surface area contributed by atoms with E-state index in [1.54, 1.807) is 18.2 Å². The largest absolute Gasteiger partial charge is 0.505 e. The van der Waals surface area contributed by atoms with Crippen molar-refractivity contribution in [1.82, 2.24) is 0 Å². The van der Waals surface area contributed by atoms with E-state index in [0.717, 1.165) is 41.1 Å². The van der Waals surface area contributed by atoms with Gasteiger partial charge >= 0.3 is 0 Å². The Kier molecular flexibility index (Phi) is 8.99. The van der Waals surface area contributed by atoms with Crippen LogP contribution in [0.25, 0.3) is 10.8 Å². The third kappa shape index (κ3) is 6.29. The number of phenols is 1. The standard InChI is InChI=1S/C31H33BrN4O3/c1-4-16-31(33,17-5-2)21-10-13-23(14-11-21)35-36-28-24-9-7-6-8-20(24)18-25(29(28)37)30(38)34-26-19-22(32)12-15-27(26)39-3/h6-15,18-19,37H,4-5,16-17,33H2,1-3H3,(H,34,38). The quantitative estimate of drug-likeness (QED) is 0.161. The maximum absolute atomic E-state index is 13.3. The van der Waals surface area contributed by atoms with Crippen molar-refractivity contribution in [3.8, 4) is 11.5 Å². The van der Waals surface area contributed by atoms with E-state index >= 15 is 0 Å². The molecule has 0 saturated heterocycles. The third-order valence-electron chi connectivity index (χ3n) is 6.75. The van der Waals surface area contributed by atoms with Crippen molar-refractivity contribution in [2.24, 2.45) is 16.0 Å². The Balaban J connectivity index is 1.69. The van der Waals surface area contributed by atoms with Gasteiger partial charge in [-0.1, -0.05) is 79.0 Å². The van der Waals surface area contributed by atoms with Crippen LogP contribution >= 0.6 is 15.9 Å². The molecule has 0 atom stereocenters. The number of hydrogen-bond acceptors (Lipinski definition) is 6. The lowest BCUT2D eigenvalue weighted by molar-refractivity contribution is 0.102. The molecule has 1 amide bonds. The zero-order valence-corrected chi connectivity index (χ0v) is 24.0. The number of rotatable bonds is 10. The number of halogens is 1. The van der Waals surface area contributed by atoms with Gasteiger partial charge in [0.05, 0.1) is 24.0 Å². The molecule has 0 radical (unpaired) electrons. The monoisotopic (exact) mass is 588 g/mol. The summed E-state index contributed by atoms with van der Waals surface area (Å²) >= 11 is 3.41. The number of phenolic OH excluding ortho intramolecular Hbond substituents is 1. The smallest absolute Gasteiger partial charge is 0.259 e. The predicted octanol–water partition coefficient (Wildman–Crippen LogP) is 8.74. The van der Waals surface area contributed by atoms with E-state index in [2.05, 4.69) is 45.3 Å². The molecule has 4 N–H and O–H groups in total. The van der Waals surface area contributed by atoms with E-state index in [4.69, 9.17) is 10.5 Å². The SMILES string of the molecule is CCCC(N)(CCC)c1ccc(N=Nc2c(O)c(C(=O)Nc3cc(Br)ccc3OC)cc3ccccc23)cc1. The molecule has 4 rings (SSSR count). The molecule has 0 bridgehead atoms. The van der Waals surface area contributed by atoms with Crippen molar-refractivity contribution in [2.45, 2.75) is 45.1 Å². The van der Waals surface area contributed by atoms with Gasteiger partial charge in [-0.25, -0.2) is 0 Å². The van der Waals surface area contributed by atoms with Gasteiger partial charge in [-0.2, -0.15) is 5.11 Å². The molecule has 0 fully saturated rings. The number of azo groups is 1. The Bertz CT molecular complexity index is 1500. The van der Waals surface area contributed by atoms with E-state index in [9.17, 15) is 9.90 Å². The average molecular weight is 590 g/mol. The zero-order chi connectivity index (χ0) is 28.0. The van der Waals surface area contributed by atoms with Crippen molar-refractivity contribution in [1.29, 1.82) is 0 Å². The number of fused-ring (bicyclic) bond motifs is 1. The van der Waals surface area contributed by atoms with Gasteiger partial charge in [0.15, 0.2) is 5.75 Å². The van der Waals surface area contributed by atoms with Crippen LogP contribution in [0.15, 0.2) is 87.5 Å². The number of nitrogens with one attached hydrogen (secondary N) is 1. The van der Waals surface area contributed by atoms with E-state index < -0.39 is 5.91 Å². The highest BCUT2D eigenvalue weighted by molar-refractivity contribution is 9.10. The molecule has 0 aromatic heterocycles. The minimum Gasteiger partial charge on any atom is -0.505 e. The normalized spacial score (nSPS) is 11.7. The number of ether oxygens (including phenoxy) is 1. The Morgan fingerprint density at radius 2 is 1.69 bits per heavy atom.